The van der Waals surface area contributed by atoms with Gasteiger partial charge in [0.05, 0.1) is 19.8 Å². The van der Waals surface area contributed by atoms with E-state index in [1.807, 2.05) is 17.0 Å². The molecule has 0 saturated carbocycles. The minimum Gasteiger partial charge on any atom is -0.497 e. The first-order valence-corrected chi connectivity index (χ1v) is 7.90. The minimum atomic E-state index is -0.443. The van der Waals surface area contributed by atoms with Gasteiger partial charge in [-0.15, -0.1) is 0 Å². The smallest absolute Gasteiger partial charge is 0.254 e. The molecule has 120 valence electrons. The fraction of sp³-hybridized carbons (Fsp3) is 0.588. The van der Waals surface area contributed by atoms with E-state index >= 15 is 0 Å². The maximum Gasteiger partial charge on any atom is 0.254 e. The zero-order valence-corrected chi connectivity index (χ0v) is 12.9. The first-order valence-electron chi connectivity index (χ1n) is 7.90. The lowest BCUT2D eigenvalue weighted by Gasteiger charge is -2.33. The normalized spacial score (nSPS) is 28.6. The van der Waals surface area contributed by atoms with Gasteiger partial charge in [-0.1, -0.05) is 6.07 Å². The molecule has 2 saturated heterocycles. The molecule has 1 aromatic rings. The number of likely N-dealkylation sites (tertiary alicyclic amines) is 1. The summed E-state index contributed by atoms with van der Waals surface area (Å²) in [4.78, 5) is 14.7. The van der Waals surface area contributed by atoms with Crippen molar-refractivity contribution in [2.75, 3.05) is 26.9 Å². The second-order valence-electron chi connectivity index (χ2n) is 6.12. The Morgan fingerprint density at radius 3 is 3.05 bits per heavy atom. The van der Waals surface area contributed by atoms with Crippen molar-refractivity contribution < 1.29 is 19.4 Å². The van der Waals surface area contributed by atoms with E-state index in [2.05, 4.69) is 0 Å². The van der Waals surface area contributed by atoms with Gasteiger partial charge in [-0.3, -0.25) is 4.79 Å². The standard InChI is InChI=1S/C17H23NO4/c1-21-15-6-2-4-12(8-15)17(20)18-10-14(19)9-16(18)13-5-3-7-22-11-13/h2,4,6,8,13-14,16,19H,3,5,7,9-11H2,1H3/t13-,14+,16+/m0/s1. The number of methoxy groups -OCH3 is 1. The van der Waals surface area contributed by atoms with Gasteiger partial charge in [0.15, 0.2) is 0 Å². The monoisotopic (exact) mass is 305 g/mol. The average Bonchev–Trinajstić information content (AvgIpc) is 2.97. The summed E-state index contributed by atoms with van der Waals surface area (Å²) in [5, 5.41) is 10.0. The number of aliphatic hydroxyl groups excluding tert-OH is 1. The maximum absolute atomic E-state index is 12.8. The molecule has 0 bridgehead atoms. The number of nitrogens with zero attached hydrogens (tertiary/aromatic N) is 1. The quantitative estimate of drug-likeness (QED) is 0.923. The fourth-order valence-corrected chi connectivity index (χ4v) is 3.51. The molecule has 1 aromatic carbocycles. The van der Waals surface area contributed by atoms with E-state index in [0.29, 0.717) is 36.8 Å². The third-order valence-corrected chi connectivity index (χ3v) is 4.64. The number of hydrogen-bond donors (Lipinski definition) is 1. The Kier molecular flexibility index (Phi) is 4.64. The van der Waals surface area contributed by atoms with Gasteiger partial charge >= 0.3 is 0 Å². The van der Waals surface area contributed by atoms with E-state index in [-0.39, 0.29) is 11.9 Å². The molecule has 0 aliphatic carbocycles. The Morgan fingerprint density at radius 2 is 2.32 bits per heavy atom. The van der Waals surface area contributed by atoms with Crippen LogP contribution in [0.25, 0.3) is 0 Å². The molecular weight excluding hydrogens is 282 g/mol. The Hall–Kier alpha value is -1.59. The fourth-order valence-electron chi connectivity index (χ4n) is 3.51. The van der Waals surface area contributed by atoms with Crippen LogP contribution in [0.1, 0.15) is 29.6 Å². The van der Waals surface area contributed by atoms with E-state index in [9.17, 15) is 9.90 Å². The first-order chi connectivity index (χ1) is 10.7. The van der Waals surface area contributed by atoms with Crippen LogP contribution in [0.5, 0.6) is 5.75 Å². The van der Waals surface area contributed by atoms with Gasteiger partial charge in [0, 0.05) is 30.7 Å². The lowest BCUT2D eigenvalue weighted by atomic mass is 9.91. The molecule has 2 heterocycles. The van der Waals surface area contributed by atoms with Gasteiger partial charge < -0.3 is 19.5 Å². The van der Waals surface area contributed by atoms with Crippen molar-refractivity contribution >= 4 is 5.91 Å². The molecule has 2 aliphatic rings. The Labute approximate surface area is 130 Å². The average molecular weight is 305 g/mol. The number of benzene rings is 1. The first kappa shape index (κ1) is 15.3. The summed E-state index contributed by atoms with van der Waals surface area (Å²) in [6.45, 7) is 1.88. The van der Waals surface area contributed by atoms with Crippen LogP contribution in [0.3, 0.4) is 0 Å². The molecule has 3 rings (SSSR count). The van der Waals surface area contributed by atoms with Crippen LogP contribution in [-0.4, -0.2) is 54.9 Å². The molecule has 0 spiro atoms. The summed E-state index contributed by atoms with van der Waals surface area (Å²) in [7, 11) is 1.59. The summed E-state index contributed by atoms with van der Waals surface area (Å²) in [5.74, 6) is 0.953. The topological polar surface area (TPSA) is 59.0 Å². The molecule has 0 unspecified atom stereocenters. The zero-order chi connectivity index (χ0) is 15.5. The van der Waals surface area contributed by atoms with E-state index in [1.165, 1.54) is 0 Å². The highest BCUT2D eigenvalue weighted by atomic mass is 16.5. The third-order valence-electron chi connectivity index (χ3n) is 4.64. The minimum absolute atomic E-state index is 0.0361. The van der Waals surface area contributed by atoms with Crippen LogP contribution in [0.2, 0.25) is 0 Å². The van der Waals surface area contributed by atoms with Crippen LogP contribution >= 0.6 is 0 Å². The number of ether oxygens (including phenoxy) is 2. The van der Waals surface area contributed by atoms with Gasteiger partial charge in [0.1, 0.15) is 5.75 Å². The summed E-state index contributed by atoms with van der Waals surface area (Å²) in [6, 6.07) is 7.25. The molecule has 0 aromatic heterocycles. The van der Waals surface area contributed by atoms with Crippen molar-refractivity contribution in [3.63, 3.8) is 0 Å². The number of β-amino-alcohol motifs (C(OH)–C–C–N with tert-alkyl or cyclic N) is 1. The van der Waals surface area contributed by atoms with Gasteiger partial charge in [0.25, 0.3) is 5.91 Å². The highest BCUT2D eigenvalue weighted by molar-refractivity contribution is 5.95. The number of carbonyl (C=O) groups is 1. The highest BCUT2D eigenvalue weighted by Crippen LogP contribution is 2.31. The van der Waals surface area contributed by atoms with Gasteiger partial charge in [-0.25, -0.2) is 0 Å². The second-order valence-corrected chi connectivity index (χ2v) is 6.12. The van der Waals surface area contributed by atoms with Crippen LogP contribution in [-0.2, 0) is 4.74 Å². The Bertz CT molecular complexity index is 527. The maximum atomic E-state index is 12.8. The largest absolute Gasteiger partial charge is 0.497 e. The number of rotatable bonds is 3. The van der Waals surface area contributed by atoms with E-state index in [1.54, 1.807) is 19.2 Å². The summed E-state index contributed by atoms with van der Waals surface area (Å²) in [6.07, 6.45) is 2.28. The second kappa shape index (κ2) is 6.67. The predicted octanol–water partition coefficient (Wildman–Crippen LogP) is 1.70. The molecule has 5 heteroatoms. The number of hydrogen-bond acceptors (Lipinski definition) is 4. The summed E-state index contributed by atoms with van der Waals surface area (Å²) >= 11 is 0. The molecule has 1 N–H and O–H groups in total. The predicted molar refractivity (Wildman–Crippen MR) is 82.0 cm³/mol. The van der Waals surface area contributed by atoms with Crippen molar-refractivity contribution in [2.24, 2.45) is 5.92 Å². The molecule has 2 fully saturated rings. The van der Waals surface area contributed by atoms with Crippen molar-refractivity contribution in [2.45, 2.75) is 31.4 Å². The zero-order valence-electron chi connectivity index (χ0n) is 12.9. The van der Waals surface area contributed by atoms with Crippen molar-refractivity contribution in [3.05, 3.63) is 29.8 Å². The molecule has 0 radical (unpaired) electrons. The molecule has 1 amide bonds. The van der Waals surface area contributed by atoms with E-state index in [0.717, 1.165) is 19.4 Å². The van der Waals surface area contributed by atoms with Crippen LogP contribution in [0, 0.1) is 5.92 Å². The van der Waals surface area contributed by atoms with E-state index in [4.69, 9.17) is 9.47 Å². The highest BCUT2D eigenvalue weighted by Gasteiger charge is 2.39. The lowest BCUT2D eigenvalue weighted by molar-refractivity contribution is 0.0190. The Morgan fingerprint density at radius 1 is 1.45 bits per heavy atom. The van der Waals surface area contributed by atoms with Gasteiger partial charge in [0.2, 0.25) is 0 Å². The Balaban J connectivity index is 1.79. The van der Waals surface area contributed by atoms with E-state index < -0.39 is 6.10 Å². The van der Waals surface area contributed by atoms with Gasteiger partial charge in [-0.2, -0.15) is 0 Å². The summed E-state index contributed by atoms with van der Waals surface area (Å²) < 4.78 is 10.8. The van der Waals surface area contributed by atoms with Crippen molar-refractivity contribution in [1.82, 2.24) is 4.90 Å². The number of amides is 1. The molecule has 22 heavy (non-hydrogen) atoms. The van der Waals surface area contributed by atoms with Crippen LogP contribution in [0.15, 0.2) is 24.3 Å². The molecule has 3 atom stereocenters. The summed E-state index contributed by atoms with van der Waals surface area (Å²) in [5.41, 5.74) is 0.607. The number of carbonyl (C=O) groups excluding carboxylic acids is 1. The van der Waals surface area contributed by atoms with Crippen LogP contribution in [0.4, 0.5) is 0 Å². The van der Waals surface area contributed by atoms with Crippen LogP contribution < -0.4 is 4.74 Å². The lowest BCUT2D eigenvalue weighted by Crippen LogP contribution is -2.42. The number of aliphatic hydroxyl groups is 1. The third kappa shape index (κ3) is 3.10. The molecule has 5 nitrogen and oxygen atoms in total. The molecule has 2 aliphatic heterocycles. The molecular formula is C17H23NO4. The van der Waals surface area contributed by atoms with Gasteiger partial charge in [-0.05, 0) is 37.5 Å². The van der Waals surface area contributed by atoms with Crippen molar-refractivity contribution in [1.29, 1.82) is 0 Å². The SMILES string of the molecule is COc1cccc(C(=O)N2C[C@H](O)C[C@@H]2[C@H]2CCCOC2)c1. The van der Waals surface area contributed by atoms with Crippen molar-refractivity contribution in [3.8, 4) is 5.75 Å².